The zero-order valence-electron chi connectivity index (χ0n) is 9.26. The highest BCUT2D eigenvalue weighted by Gasteiger charge is 2.11. The van der Waals surface area contributed by atoms with Crippen molar-refractivity contribution in [1.82, 2.24) is 0 Å². The summed E-state index contributed by atoms with van der Waals surface area (Å²) in [6.45, 7) is 2.14. The maximum atomic E-state index is 11.2. The Balaban J connectivity index is 2.36. The molecule has 0 amide bonds. The Morgan fingerprint density at radius 1 is 1.12 bits per heavy atom. The van der Waals surface area contributed by atoms with E-state index < -0.39 is 10.4 Å². The van der Waals surface area contributed by atoms with Crippen LogP contribution in [-0.4, -0.2) is 15.0 Å². The lowest BCUT2D eigenvalue weighted by molar-refractivity contribution is 0.206. The molecule has 16 heavy (non-hydrogen) atoms. The van der Waals surface area contributed by atoms with E-state index in [2.05, 4.69) is 4.18 Å². The quantitative estimate of drug-likeness (QED) is 0.690. The molecule has 1 aromatic rings. The Bertz CT molecular complexity index is 386. The van der Waals surface area contributed by atoms with E-state index in [0.717, 1.165) is 12.0 Å². The molecule has 0 aromatic heterocycles. The van der Waals surface area contributed by atoms with Gasteiger partial charge in [-0.15, -0.1) is 0 Å². The second-order valence-electron chi connectivity index (χ2n) is 3.33. The fourth-order valence-electron chi connectivity index (χ4n) is 1.05. The van der Waals surface area contributed by atoms with Crippen LogP contribution in [0.15, 0.2) is 30.3 Å². The van der Waals surface area contributed by atoms with Crippen molar-refractivity contribution >= 4 is 10.4 Å². The summed E-state index contributed by atoms with van der Waals surface area (Å²) in [5.41, 5.74) is 0.796. The van der Waals surface area contributed by atoms with Crippen molar-refractivity contribution in [3.8, 4) is 0 Å². The van der Waals surface area contributed by atoms with E-state index in [0.29, 0.717) is 6.42 Å². The molecule has 0 aliphatic heterocycles. The number of rotatable bonds is 7. The van der Waals surface area contributed by atoms with Crippen LogP contribution in [0.3, 0.4) is 0 Å². The second kappa shape index (κ2) is 6.62. The Hall–Kier alpha value is -0.910. The molecule has 1 aromatic carbocycles. The van der Waals surface area contributed by atoms with Gasteiger partial charge >= 0.3 is 10.4 Å². The third kappa shape index (κ3) is 5.25. The van der Waals surface area contributed by atoms with Gasteiger partial charge in [0.15, 0.2) is 0 Å². The molecule has 0 saturated heterocycles. The first-order chi connectivity index (χ1) is 7.64. The smallest absolute Gasteiger partial charge is 0.248 e. The molecule has 5 heteroatoms. The van der Waals surface area contributed by atoms with Crippen LogP contribution in [-0.2, 0) is 25.4 Å². The monoisotopic (exact) mass is 244 g/mol. The summed E-state index contributed by atoms with van der Waals surface area (Å²) < 4.78 is 31.8. The molecule has 90 valence electrons. The largest absolute Gasteiger partial charge is 0.400 e. The van der Waals surface area contributed by atoms with Gasteiger partial charge in [-0.2, -0.15) is 8.42 Å². The molecule has 0 aliphatic rings. The van der Waals surface area contributed by atoms with Gasteiger partial charge < -0.3 is 0 Å². The number of hydrogen-bond donors (Lipinski definition) is 0. The van der Waals surface area contributed by atoms with Crippen molar-refractivity contribution in [2.75, 3.05) is 6.61 Å². The summed E-state index contributed by atoms with van der Waals surface area (Å²) in [4.78, 5) is 0. The average molecular weight is 244 g/mol. The summed E-state index contributed by atoms with van der Waals surface area (Å²) in [5.74, 6) is 0. The van der Waals surface area contributed by atoms with Gasteiger partial charge in [-0.25, -0.2) is 8.37 Å². The summed E-state index contributed by atoms with van der Waals surface area (Å²) in [6, 6.07) is 9.09. The first kappa shape index (κ1) is 13.2. The number of benzene rings is 1. The highest BCUT2D eigenvalue weighted by atomic mass is 32.3. The van der Waals surface area contributed by atoms with Crippen LogP contribution in [0.5, 0.6) is 0 Å². The van der Waals surface area contributed by atoms with Crippen LogP contribution in [0, 0.1) is 0 Å². The molecule has 4 nitrogen and oxygen atoms in total. The van der Waals surface area contributed by atoms with Gasteiger partial charge in [-0.05, 0) is 12.0 Å². The van der Waals surface area contributed by atoms with Gasteiger partial charge in [0.25, 0.3) is 0 Å². The van der Waals surface area contributed by atoms with Gasteiger partial charge in [0, 0.05) is 0 Å². The summed E-state index contributed by atoms with van der Waals surface area (Å²) >= 11 is 0. The van der Waals surface area contributed by atoms with Gasteiger partial charge in [-0.1, -0.05) is 43.7 Å². The summed E-state index contributed by atoms with van der Waals surface area (Å²) in [6.07, 6.45) is 1.59. The first-order valence-electron chi connectivity index (χ1n) is 5.22. The normalized spacial score (nSPS) is 11.6. The van der Waals surface area contributed by atoms with E-state index in [1.54, 1.807) is 12.1 Å². The Kier molecular flexibility index (Phi) is 5.45. The molecule has 1 rings (SSSR count). The molecule has 0 atom stereocenters. The molecule has 0 bridgehead atoms. The zero-order chi connectivity index (χ0) is 11.9. The number of unbranched alkanes of at least 4 members (excludes halogenated alkanes) is 1. The van der Waals surface area contributed by atoms with Crippen molar-refractivity contribution in [3.63, 3.8) is 0 Å². The second-order valence-corrected chi connectivity index (χ2v) is 4.62. The van der Waals surface area contributed by atoms with Crippen molar-refractivity contribution in [1.29, 1.82) is 0 Å². The molecule has 0 radical (unpaired) electrons. The molecule has 0 aliphatic carbocycles. The maximum Gasteiger partial charge on any atom is 0.400 e. The highest BCUT2D eigenvalue weighted by molar-refractivity contribution is 7.81. The SMILES string of the molecule is CCCCOS(=O)(=O)OCc1ccccc1. The van der Waals surface area contributed by atoms with E-state index in [4.69, 9.17) is 4.18 Å². The lowest BCUT2D eigenvalue weighted by Crippen LogP contribution is -2.10. The van der Waals surface area contributed by atoms with Crippen LogP contribution in [0.2, 0.25) is 0 Å². The van der Waals surface area contributed by atoms with Crippen molar-refractivity contribution < 1.29 is 16.8 Å². The standard InChI is InChI=1S/C11H16O4S/c1-2-3-9-14-16(12,13)15-10-11-7-5-4-6-8-11/h4-8H,2-3,9-10H2,1H3. The van der Waals surface area contributed by atoms with E-state index >= 15 is 0 Å². The minimum absolute atomic E-state index is 0.00922. The van der Waals surface area contributed by atoms with Crippen molar-refractivity contribution in [2.24, 2.45) is 0 Å². The third-order valence-electron chi connectivity index (χ3n) is 1.94. The van der Waals surface area contributed by atoms with Crippen LogP contribution in [0.1, 0.15) is 25.3 Å². The summed E-state index contributed by atoms with van der Waals surface area (Å²) in [7, 11) is -3.85. The fourth-order valence-corrected chi connectivity index (χ4v) is 1.72. The topological polar surface area (TPSA) is 52.6 Å². The maximum absolute atomic E-state index is 11.2. The van der Waals surface area contributed by atoms with E-state index in [9.17, 15) is 8.42 Å². The lowest BCUT2D eigenvalue weighted by atomic mass is 10.2. The summed E-state index contributed by atoms with van der Waals surface area (Å²) in [5, 5.41) is 0. The minimum atomic E-state index is -3.85. The average Bonchev–Trinajstić information content (AvgIpc) is 2.28. The van der Waals surface area contributed by atoms with Crippen LogP contribution >= 0.6 is 0 Å². The predicted molar refractivity (Wildman–Crippen MR) is 61.0 cm³/mol. The molecular weight excluding hydrogens is 228 g/mol. The number of hydrogen-bond acceptors (Lipinski definition) is 4. The minimum Gasteiger partial charge on any atom is -0.248 e. The van der Waals surface area contributed by atoms with E-state index in [1.165, 1.54) is 0 Å². The molecular formula is C11H16O4S. The van der Waals surface area contributed by atoms with Crippen LogP contribution in [0.4, 0.5) is 0 Å². The van der Waals surface area contributed by atoms with Gasteiger partial charge in [0.2, 0.25) is 0 Å². The molecule has 0 heterocycles. The molecule has 0 N–H and O–H groups in total. The zero-order valence-corrected chi connectivity index (χ0v) is 10.1. The molecule has 0 spiro atoms. The van der Waals surface area contributed by atoms with Gasteiger partial charge in [0.1, 0.15) is 0 Å². The molecule has 0 unspecified atom stereocenters. The van der Waals surface area contributed by atoms with Crippen molar-refractivity contribution in [3.05, 3.63) is 35.9 Å². The van der Waals surface area contributed by atoms with Gasteiger partial charge in [-0.3, -0.25) is 0 Å². The lowest BCUT2D eigenvalue weighted by Gasteiger charge is -2.05. The highest BCUT2D eigenvalue weighted by Crippen LogP contribution is 2.05. The molecule has 0 fully saturated rings. The van der Waals surface area contributed by atoms with Crippen molar-refractivity contribution in [2.45, 2.75) is 26.4 Å². The van der Waals surface area contributed by atoms with Crippen LogP contribution in [0.25, 0.3) is 0 Å². The van der Waals surface area contributed by atoms with E-state index in [-0.39, 0.29) is 13.2 Å². The predicted octanol–water partition coefficient (Wildman–Crippen LogP) is 2.26. The first-order valence-corrected chi connectivity index (χ1v) is 6.55. The molecule has 0 saturated carbocycles. The van der Waals surface area contributed by atoms with E-state index in [1.807, 2.05) is 25.1 Å². The Morgan fingerprint density at radius 2 is 1.81 bits per heavy atom. The van der Waals surface area contributed by atoms with Gasteiger partial charge in [0.05, 0.1) is 13.2 Å². The fraction of sp³-hybridized carbons (Fsp3) is 0.455. The Labute approximate surface area is 96.5 Å². The third-order valence-corrected chi connectivity index (χ3v) is 2.80. The van der Waals surface area contributed by atoms with Crippen LogP contribution < -0.4 is 0 Å². The Morgan fingerprint density at radius 3 is 2.44 bits per heavy atom.